The Morgan fingerprint density at radius 2 is 1.96 bits per heavy atom. The summed E-state index contributed by atoms with van der Waals surface area (Å²) in [6, 6.07) is 5.07. The van der Waals surface area contributed by atoms with Crippen LogP contribution in [-0.2, 0) is 14.8 Å². The molecule has 6 nitrogen and oxygen atoms in total. The van der Waals surface area contributed by atoms with Crippen LogP contribution in [0.1, 0.15) is 31.4 Å². The van der Waals surface area contributed by atoms with Crippen molar-refractivity contribution in [2.75, 3.05) is 26.7 Å². The van der Waals surface area contributed by atoms with Crippen molar-refractivity contribution in [2.45, 2.75) is 45.1 Å². The van der Waals surface area contributed by atoms with Gasteiger partial charge in [0, 0.05) is 26.2 Å². The molecule has 1 aliphatic heterocycles. The van der Waals surface area contributed by atoms with Crippen LogP contribution in [0, 0.1) is 19.3 Å². The average molecular weight is 368 g/mol. The third-order valence-electron chi connectivity index (χ3n) is 5.21. The second-order valence-electron chi connectivity index (χ2n) is 7.71. The zero-order valence-electron chi connectivity index (χ0n) is 15.7. The van der Waals surface area contributed by atoms with Crippen molar-refractivity contribution in [3.63, 3.8) is 0 Å². The maximum absolute atomic E-state index is 12.7. The van der Waals surface area contributed by atoms with Gasteiger partial charge >= 0.3 is 0 Å². The van der Waals surface area contributed by atoms with E-state index in [0.717, 1.165) is 21.9 Å². The monoisotopic (exact) mass is 367 g/mol. The third-order valence-corrected chi connectivity index (χ3v) is 7.01. The minimum absolute atomic E-state index is 0.0496. The van der Waals surface area contributed by atoms with E-state index in [0.29, 0.717) is 13.1 Å². The van der Waals surface area contributed by atoms with Crippen LogP contribution >= 0.6 is 0 Å². The summed E-state index contributed by atoms with van der Waals surface area (Å²) in [4.78, 5) is 14.5. The average Bonchev–Trinajstić information content (AvgIpc) is 2.52. The Bertz CT molecular complexity index is 759. The van der Waals surface area contributed by atoms with Gasteiger partial charge in [-0.25, -0.2) is 8.42 Å². The number of carbonyl (C=O) groups is 1. The van der Waals surface area contributed by atoms with E-state index in [9.17, 15) is 13.2 Å². The van der Waals surface area contributed by atoms with E-state index in [1.165, 1.54) is 7.05 Å². The standard InChI is InChI=1S/C18H29N3O3S/c1-13-6-7-15(10-14(13)2)25(23,24)20(5)11-17(22)21-9-8-16(19)18(3,4)12-21/h6-7,10,16H,8-9,11-12,19H2,1-5H3. The van der Waals surface area contributed by atoms with Gasteiger partial charge in [-0.15, -0.1) is 0 Å². The Morgan fingerprint density at radius 3 is 2.52 bits per heavy atom. The first-order valence-corrected chi connectivity index (χ1v) is 9.96. The van der Waals surface area contributed by atoms with Crippen molar-refractivity contribution in [2.24, 2.45) is 11.1 Å². The highest BCUT2D eigenvalue weighted by Crippen LogP contribution is 2.28. The maximum Gasteiger partial charge on any atom is 0.243 e. The molecule has 1 aromatic rings. The van der Waals surface area contributed by atoms with Gasteiger partial charge in [-0.1, -0.05) is 19.9 Å². The van der Waals surface area contributed by atoms with Crippen LogP contribution in [0.4, 0.5) is 0 Å². The Morgan fingerprint density at radius 1 is 1.32 bits per heavy atom. The lowest BCUT2D eigenvalue weighted by atomic mass is 9.80. The van der Waals surface area contributed by atoms with E-state index < -0.39 is 10.0 Å². The lowest BCUT2D eigenvalue weighted by Crippen LogP contribution is -2.55. The number of likely N-dealkylation sites (tertiary alicyclic amines) is 1. The van der Waals surface area contributed by atoms with Gasteiger partial charge in [-0.3, -0.25) is 4.79 Å². The topological polar surface area (TPSA) is 83.7 Å². The number of hydrogen-bond acceptors (Lipinski definition) is 4. The van der Waals surface area contributed by atoms with E-state index in [1.807, 2.05) is 27.7 Å². The fourth-order valence-corrected chi connectivity index (χ4v) is 4.22. The van der Waals surface area contributed by atoms with Crippen molar-refractivity contribution in [1.82, 2.24) is 9.21 Å². The molecule has 7 heteroatoms. The number of nitrogens with zero attached hydrogens (tertiary/aromatic N) is 2. The molecular formula is C18H29N3O3S. The molecule has 1 fully saturated rings. The molecule has 0 bridgehead atoms. The minimum Gasteiger partial charge on any atom is -0.341 e. The summed E-state index contributed by atoms with van der Waals surface area (Å²) in [5.74, 6) is -0.185. The molecule has 140 valence electrons. The highest BCUT2D eigenvalue weighted by Gasteiger charge is 2.36. The highest BCUT2D eigenvalue weighted by molar-refractivity contribution is 7.89. The van der Waals surface area contributed by atoms with E-state index in [4.69, 9.17) is 5.73 Å². The predicted octanol–water partition coefficient (Wildman–Crippen LogP) is 1.51. The molecule has 2 rings (SSSR count). The molecule has 1 heterocycles. The van der Waals surface area contributed by atoms with Gasteiger partial charge in [0.1, 0.15) is 0 Å². The fraction of sp³-hybridized carbons (Fsp3) is 0.611. The van der Waals surface area contributed by atoms with Crippen molar-refractivity contribution in [3.05, 3.63) is 29.3 Å². The second kappa shape index (κ2) is 7.05. The zero-order chi connectivity index (χ0) is 19.0. The summed E-state index contributed by atoms with van der Waals surface area (Å²) < 4.78 is 26.6. The molecule has 0 aliphatic carbocycles. The molecule has 1 atom stereocenters. The largest absolute Gasteiger partial charge is 0.341 e. The molecule has 1 amide bonds. The Balaban J connectivity index is 2.11. The van der Waals surface area contributed by atoms with Crippen LogP contribution < -0.4 is 5.73 Å². The summed E-state index contributed by atoms with van der Waals surface area (Å²) >= 11 is 0. The molecular weight excluding hydrogens is 338 g/mol. The minimum atomic E-state index is -3.69. The molecule has 0 radical (unpaired) electrons. The van der Waals surface area contributed by atoms with Crippen molar-refractivity contribution < 1.29 is 13.2 Å². The number of amides is 1. The van der Waals surface area contributed by atoms with E-state index in [1.54, 1.807) is 23.1 Å². The molecule has 2 N–H and O–H groups in total. The maximum atomic E-state index is 12.7. The summed E-state index contributed by atoms with van der Waals surface area (Å²) in [6.45, 7) is 8.83. The number of sulfonamides is 1. The summed E-state index contributed by atoms with van der Waals surface area (Å²) in [7, 11) is -2.24. The Hall–Kier alpha value is -1.44. The molecule has 1 aromatic carbocycles. The SMILES string of the molecule is Cc1ccc(S(=O)(=O)N(C)CC(=O)N2CCC(N)C(C)(C)C2)cc1C. The summed E-state index contributed by atoms with van der Waals surface area (Å²) in [5.41, 5.74) is 7.88. The van der Waals surface area contributed by atoms with E-state index in [-0.39, 0.29) is 28.8 Å². The van der Waals surface area contributed by atoms with Crippen LogP contribution in [0.3, 0.4) is 0 Å². The number of nitrogens with two attached hydrogens (primary N) is 1. The normalized spacial score (nSPS) is 20.8. The first-order chi connectivity index (χ1) is 11.4. The van der Waals surface area contributed by atoms with Crippen LogP contribution in [0.15, 0.2) is 23.1 Å². The van der Waals surface area contributed by atoms with E-state index in [2.05, 4.69) is 0 Å². The highest BCUT2D eigenvalue weighted by atomic mass is 32.2. The Kier molecular flexibility index (Phi) is 5.61. The number of piperidine rings is 1. The third kappa shape index (κ3) is 4.22. The molecule has 25 heavy (non-hydrogen) atoms. The summed E-state index contributed by atoms with van der Waals surface area (Å²) in [5, 5.41) is 0. The molecule has 0 saturated carbocycles. The smallest absolute Gasteiger partial charge is 0.243 e. The van der Waals surface area contributed by atoms with Crippen molar-refractivity contribution in [1.29, 1.82) is 0 Å². The van der Waals surface area contributed by atoms with Crippen molar-refractivity contribution >= 4 is 15.9 Å². The van der Waals surface area contributed by atoms with Gasteiger partial charge < -0.3 is 10.6 Å². The molecule has 0 aromatic heterocycles. The number of rotatable bonds is 4. The first kappa shape index (κ1) is 19.9. The molecule has 1 unspecified atom stereocenters. The fourth-order valence-electron chi connectivity index (χ4n) is 3.02. The van der Waals surface area contributed by atoms with Gasteiger partial charge in [-0.2, -0.15) is 4.31 Å². The number of likely N-dealkylation sites (N-methyl/N-ethyl adjacent to an activating group) is 1. The Labute approximate surface area is 151 Å². The molecule has 1 aliphatic rings. The molecule has 0 spiro atoms. The van der Waals surface area contributed by atoms with Gasteiger partial charge in [0.2, 0.25) is 15.9 Å². The van der Waals surface area contributed by atoms with Crippen LogP contribution in [0.25, 0.3) is 0 Å². The number of hydrogen-bond donors (Lipinski definition) is 1. The number of benzene rings is 1. The van der Waals surface area contributed by atoms with Crippen molar-refractivity contribution in [3.8, 4) is 0 Å². The zero-order valence-corrected chi connectivity index (χ0v) is 16.6. The lowest BCUT2D eigenvalue weighted by Gasteiger charge is -2.42. The van der Waals surface area contributed by atoms with Gasteiger partial charge in [0.05, 0.1) is 11.4 Å². The lowest BCUT2D eigenvalue weighted by molar-refractivity contribution is -0.134. The molecule has 1 saturated heterocycles. The number of carbonyl (C=O) groups excluding carboxylic acids is 1. The first-order valence-electron chi connectivity index (χ1n) is 8.52. The second-order valence-corrected chi connectivity index (χ2v) is 9.75. The van der Waals surface area contributed by atoms with Gasteiger partial charge in [0.15, 0.2) is 0 Å². The predicted molar refractivity (Wildman–Crippen MR) is 98.7 cm³/mol. The quantitative estimate of drug-likeness (QED) is 0.874. The van der Waals surface area contributed by atoms with Crippen LogP contribution in [0.5, 0.6) is 0 Å². The van der Waals surface area contributed by atoms with Gasteiger partial charge in [0.25, 0.3) is 0 Å². The van der Waals surface area contributed by atoms with Gasteiger partial charge in [-0.05, 0) is 48.9 Å². The number of aryl methyl sites for hydroxylation is 2. The van der Waals surface area contributed by atoms with Crippen LogP contribution in [0.2, 0.25) is 0 Å². The summed E-state index contributed by atoms with van der Waals surface area (Å²) in [6.07, 6.45) is 0.729. The van der Waals surface area contributed by atoms with Crippen LogP contribution in [-0.4, -0.2) is 56.3 Å². The van der Waals surface area contributed by atoms with E-state index >= 15 is 0 Å².